The van der Waals surface area contributed by atoms with Gasteiger partial charge in [-0.3, -0.25) is 0 Å². The van der Waals surface area contributed by atoms with Gasteiger partial charge in [-0.05, 0) is 28.1 Å². The first-order valence-corrected chi connectivity index (χ1v) is 6.39. The van der Waals surface area contributed by atoms with Crippen molar-refractivity contribution in [3.05, 3.63) is 27.4 Å². The summed E-state index contributed by atoms with van der Waals surface area (Å²) in [7, 11) is 1.07. The summed E-state index contributed by atoms with van der Waals surface area (Å²) in [5.74, 6) is -0.830. The van der Waals surface area contributed by atoms with E-state index in [2.05, 4.69) is 15.9 Å². The van der Waals surface area contributed by atoms with E-state index < -0.39 is 14.9 Å². The molecule has 0 fully saturated rings. The number of hydrogen-bond donors (Lipinski definition) is 0. The maximum Gasteiger partial charge on any atom is 0.262 e. The van der Waals surface area contributed by atoms with Crippen molar-refractivity contribution in [2.24, 2.45) is 0 Å². The van der Waals surface area contributed by atoms with Crippen LogP contribution in [-0.2, 0) is 9.05 Å². The summed E-state index contributed by atoms with van der Waals surface area (Å²) in [5, 5.41) is -0.170. The maximum absolute atomic E-state index is 12.8. The second-order valence-electron chi connectivity index (χ2n) is 2.13. The van der Waals surface area contributed by atoms with E-state index in [1.165, 1.54) is 0 Å². The van der Waals surface area contributed by atoms with Gasteiger partial charge in [0, 0.05) is 15.2 Å². The molecule has 1 aromatic carbocycles. The van der Waals surface area contributed by atoms with Gasteiger partial charge in [0.25, 0.3) is 9.05 Å². The molecule has 1 aromatic rings. The molecule has 0 N–H and O–H groups in total. The van der Waals surface area contributed by atoms with Crippen LogP contribution >= 0.6 is 38.2 Å². The second kappa shape index (κ2) is 3.73. The predicted molar refractivity (Wildman–Crippen MR) is 52.1 cm³/mol. The van der Waals surface area contributed by atoms with E-state index in [0.717, 1.165) is 12.1 Å². The Kier molecular flexibility index (Phi) is 3.22. The Hall–Kier alpha value is 0.160. The van der Waals surface area contributed by atoms with Crippen LogP contribution in [0.5, 0.6) is 0 Å². The molecule has 0 spiro atoms. The molecule has 0 aliphatic rings. The lowest BCUT2D eigenvalue weighted by Gasteiger charge is -2.01. The van der Waals surface area contributed by atoms with Crippen molar-refractivity contribution in [1.82, 2.24) is 0 Å². The third-order valence-electron chi connectivity index (χ3n) is 1.24. The van der Waals surface area contributed by atoms with E-state index in [4.69, 9.17) is 22.3 Å². The topological polar surface area (TPSA) is 34.1 Å². The van der Waals surface area contributed by atoms with E-state index in [1.807, 2.05) is 0 Å². The minimum atomic E-state index is -3.95. The minimum absolute atomic E-state index is 0.133. The van der Waals surface area contributed by atoms with Gasteiger partial charge in [-0.15, -0.1) is 0 Å². The van der Waals surface area contributed by atoms with Crippen LogP contribution in [0.25, 0.3) is 0 Å². The molecule has 0 aliphatic carbocycles. The average molecular weight is 308 g/mol. The van der Waals surface area contributed by atoms with Crippen LogP contribution in [0.4, 0.5) is 4.39 Å². The van der Waals surface area contributed by atoms with E-state index in [0.29, 0.717) is 0 Å². The third kappa shape index (κ3) is 2.56. The van der Waals surface area contributed by atoms with Gasteiger partial charge in [0.05, 0.1) is 9.92 Å². The van der Waals surface area contributed by atoms with Gasteiger partial charge in [-0.1, -0.05) is 11.6 Å². The zero-order valence-electron chi connectivity index (χ0n) is 5.89. The van der Waals surface area contributed by atoms with Crippen molar-refractivity contribution in [3.8, 4) is 0 Å². The normalized spacial score (nSPS) is 11.7. The zero-order chi connectivity index (χ0) is 10.2. The van der Waals surface area contributed by atoms with Crippen LogP contribution in [-0.4, -0.2) is 8.42 Å². The highest BCUT2D eigenvalue weighted by Gasteiger charge is 2.17. The van der Waals surface area contributed by atoms with Crippen LogP contribution in [0.2, 0.25) is 5.02 Å². The SMILES string of the molecule is O=S(=O)(Cl)c1cc(F)c(Cl)cc1Br. The molecule has 0 atom stereocenters. The molecule has 0 aromatic heterocycles. The molecule has 1 rings (SSSR count). The first-order valence-electron chi connectivity index (χ1n) is 2.91. The Morgan fingerprint density at radius 2 is 1.92 bits per heavy atom. The molecule has 13 heavy (non-hydrogen) atoms. The molecule has 2 nitrogen and oxygen atoms in total. The number of hydrogen-bond acceptors (Lipinski definition) is 2. The summed E-state index contributed by atoms with van der Waals surface area (Å²) in [6.45, 7) is 0. The Bertz CT molecular complexity index is 446. The van der Waals surface area contributed by atoms with Crippen LogP contribution in [0, 0.1) is 5.82 Å². The van der Waals surface area contributed by atoms with Gasteiger partial charge >= 0.3 is 0 Å². The molecule has 0 saturated heterocycles. The van der Waals surface area contributed by atoms with E-state index in [9.17, 15) is 12.8 Å². The minimum Gasteiger partial charge on any atom is -0.207 e. The molecule has 72 valence electrons. The number of benzene rings is 1. The third-order valence-corrected chi connectivity index (χ3v) is 3.81. The Balaban J connectivity index is 3.50. The Morgan fingerprint density at radius 1 is 1.38 bits per heavy atom. The predicted octanol–water partition coefficient (Wildman–Crippen LogP) is 3.17. The monoisotopic (exact) mass is 306 g/mol. The van der Waals surface area contributed by atoms with Crippen molar-refractivity contribution in [3.63, 3.8) is 0 Å². The number of rotatable bonds is 1. The van der Waals surface area contributed by atoms with Gasteiger partial charge in [-0.2, -0.15) is 0 Å². The van der Waals surface area contributed by atoms with E-state index in [1.54, 1.807) is 0 Å². The largest absolute Gasteiger partial charge is 0.262 e. The first kappa shape index (κ1) is 11.2. The van der Waals surface area contributed by atoms with Crippen LogP contribution in [0.1, 0.15) is 0 Å². The van der Waals surface area contributed by atoms with Gasteiger partial charge in [0.15, 0.2) is 0 Å². The summed E-state index contributed by atoms with van der Waals surface area (Å²) in [5.41, 5.74) is 0. The quantitative estimate of drug-likeness (QED) is 0.590. The van der Waals surface area contributed by atoms with Crippen LogP contribution in [0.15, 0.2) is 21.5 Å². The van der Waals surface area contributed by atoms with Gasteiger partial charge in [0.1, 0.15) is 5.82 Å². The summed E-state index contributed by atoms with van der Waals surface area (Å²) < 4.78 is 34.6. The second-order valence-corrected chi connectivity index (χ2v) is 5.93. The smallest absolute Gasteiger partial charge is 0.207 e. The lowest BCUT2D eigenvalue weighted by Crippen LogP contribution is -1.93. The fourth-order valence-corrected chi connectivity index (χ4v) is 3.17. The molecule has 0 heterocycles. The van der Waals surface area contributed by atoms with Crippen molar-refractivity contribution in [1.29, 1.82) is 0 Å². The molecule has 0 saturated carbocycles. The Morgan fingerprint density at radius 3 is 2.38 bits per heavy atom. The Labute approximate surface area is 92.2 Å². The zero-order valence-corrected chi connectivity index (χ0v) is 9.81. The fraction of sp³-hybridized carbons (Fsp3) is 0. The molecule has 0 bridgehead atoms. The summed E-state index contributed by atoms with van der Waals surface area (Å²) in [6.07, 6.45) is 0. The molecule has 7 heteroatoms. The van der Waals surface area contributed by atoms with Crippen molar-refractivity contribution < 1.29 is 12.8 Å². The van der Waals surface area contributed by atoms with E-state index >= 15 is 0 Å². The summed E-state index contributed by atoms with van der Waals surface area (Å²) in [4.78, 5) is -0.337. The molecule has 0 aliphatic heterocycles. The highest BCUT2D eigenvalue weighted by Crippen LogP contribution is 2.29. The highest BCUT2D eigenvalue weighted by atomic mass is 79.9. The summed E-state index contributed by atoms with van der Waals surface area (Å²) >= 11 is 8.30. The lowest BCUT2D eigenvalue weighted by atomic mass is 10.3. The molecule has 0 radical (unpaired) electrons. The van der Waals surface area contributed by atoms with Crippen LogP contribution < -0.4 is 0 Å². The van der Waals surface area contributed by atoms with Crippen molar-refractivity contribution in [2.75, 3.05) is 0 Å². The number of halogens is 4. The molecule has 0 amide bonds. The van der Waals surface area contributed by atoms with Gasteiger partial charge in [0.2, 0.25) is 0 Å². The average Bonchev–Trinajstić information content (AvgIpc) is 1.94. The van der Waals surface area contributed by atoms with Crippen molar-refractivity contribution in [2.45, 2.75) is 4.90 Å². The summed E-state index contributed by atoms with van der Waals surface area (Å²) in [6, 6.07) is 1.89. The van der Waals surface area contributed by atoms with Crippen molar-refractivity contribution >= 4 is 47.3 Å². The molecule has 0 unspecified atom stereocenters. The lowest BCUT2D eigenvalue weighted by molar-refractivity contribution is 0.601. The van der Waals surface area contributed by atoms with E-state index in [-0.39, 0.29) is 14.4 Å². The molecular weight excluding hydrogens is 306 g/mol. The highest BCUT2D eigenvalue weighted by molar-refractivity contribution is 9.10. The van der Waals surface area contributed by atoms with Gasteiger partial charge < -0.3 is 0 Å². The first-order chi connectivity index (χ1) is 5.82. The standard InChI is InChI=1S/C6H2BrCl2FO2S/c7-3-1-4(8)5(10)2-6(3)13(9,11)12/h1-2H. The maximum atomic E-state index is 12.8. The fourth-order valence-electron chi connectivity index (χ4n) is 0.691. The van der Waals surface area contributed by atoms with Crippen LogP contribution in [0.3, 0.4) is 0 Å². The molecular formula is C6H2BrCl2FO2S. The van der Waals surface area contributed by atoms with Gasteiger partial charge in [-0.25, -0.2) is 12.8 Å².